The summed E-state index contributed by atoms with van der Waals surface area (Å²) < 4.78 is 1.03. The molecule has 1 aliphatic rings. The van der Waals surface area contributed by atoms with Gasteiger partial charge in [0.1, 0.15) is 0 Å². The smallest absolute Gasteiger partial charge is 0.196 e. The van der Waals surface area contributed by atoms with Gasteiger partial charge in [0.15, 0.2) is 5.96 Å². The van der Waals surface area contributed by atoms with Gasteiger partial charge in [-0.25, -0.2) is 0 Å². The fraction of sp³-hybridized carbons (Fsp3) is 0.235. The van der Waals surface area contributed by atoms with E-state index in [2.05, 4.69) is 63.1 Å². The minimum absolute atomic E-state index is 0.162. The molecule has 0 radical (unpaired) electrons. The van der Waals surface area contributed by atoms with Gasteiger partial charge < -0.3 is 10.6 Å². The van der Waals surface area contributed by atoms with Crippen LogP contribution in [-0.4, -0.2) is 12.5 Å². The quantitative estimate of drug-likeness (QED) is 0.918. The fourth-order valence-corrected chi connectivity index (χ4v) is 3.14. The van der Waals surface area contributed by atoms with Gasteiger partial charge in [-0.2, -0.15) is 0 Å². The van der Waals surface area contributed by atoms with E-state index in [9.17, 15) is 0 Å². The van der Waals surface area contributed by atoms with Gasteiger partial charge in [-0.15, -0.1) is 0 Å². The molecule has 0 aromatic heterocycles. The number of hydrogen-bond acceptors (Lipinski definition) is 3. The Hall–Kier alpha value is -1.81. The average Bonchev–Trinajstić information content (AvgIpc) is 2.89. The van der Waals surface area contributed by atoms with Gasteiger partial charge in [-0.3, -0.25) is 4.99 Å². The lowest BCUT2D eigenvalue weighted by Crippen LogP contribution is -2.36. The van der Waals surface area contributed by atoms with E-state index in [0.29, 0.717) is 12.5 Å². The van der Waals surface area contributed by atoms with Crippen molar-refractivity contribution in [2.75, 3.05) is 11.4 Å². The molecule has 21 heavy (non-hydrogen) atoms. The number of rotatable bonds is 3. The Balaban J connectivity index is 1.97. The van der Waals surface area contributed by atoms with Gasteiger partial charge in [0.05, 0.1) is 18.3 Å². The zero-order valence-corrected chi connectivity index (χ0v) is 13.5. The van der Waals surface area contributed by atoms with Gasteiger partial charge in [0.2, 0.25) is 0 Å². The fourth-order valence-electron chi connectivity index (χ4n) is 2.67. The number of aliphatic imine (C=N–C) groups is 1. The number of guanidine groups is 1. The number of nitrogens with two attached hydrogens (primary N) is 1. The molecule has 1 unspecified atom stereocenters. The highest BCUT2D eigenvalue weighted by atomic mass is 79.9. The molecule has 0 fully saturated rings. The highest BCUT2D eigenvalue weighted by Crippen LogP contribution is 2.35. The Labute approximate surface area is 133 Å². The second-order valence-electron chi connectivity index (χ2n) is 5.13. The lowest BCUT2D eigenvalue weighted by Gasteiger charge is -2.27. The third-order valence-corrected chi connectivity index (χ3v) is 4.54. The van der Waals surface area contributed by atoms with Gasteiger partial charge in [-0.05, 0) is 45.6 Å². The van der Waals surface area contributed by atoms with Crippen LogP contribution in [0.15, 0.2) is 58.0 Å². The van der Waals surface area contributed by atoms with E-state index < -0.39 is 0 Å². The maximum Gasteiger partial charge on any atom is 0.196 e. The monoisotopic (exact) mass is 343 g/mol. The predicted octanol–water partition coefficient (Wildman–Crippen LogP) is 3.89. The lowest BCUT2D eigenvalue weighted by atomic mass is 10.0. The molecule has 0 spiro atoms. The Kier molecular flexibility index (Phi) is 3.97. The summed E-state index contributed by atoms with van der Waals surface area (Å²) >= 11 is 3.60. The van der Waals surface area contributed by atoms with Crippen LogP contribution in [0.3, 0.4) is 0 Å². The highest BCUT2D eigenvalue weighted by Gasteiger charge is 2.29. The summed E-state index contributed by atoms with van der Waals surface area (Å²) in [7, 11) is 0. The minimum atomic E-state index is 0.162. The second kappa shape index (κ2) is 5.90. The Bertz CT molecular complexity index is 664. The molecule has 0 amide bonds. The molecule has 3 nitrogen and oxygen atoms in total. The van der Waals surface area contributed by atoms with Crippen molar-refractivity contribution in [1.82, 2.24) is 0 Å². The second-order valence-corrected chi connectivity index (χ2v) is 5.99. The molecule has 0 bridgehead atoms. The van der Waals surface area contributed by atoms with E-state index in [0.717, 1.165) is 16.6 Å². The summed E-state index contributed by atoms with van der Waals surface area (Å²) in [4.78, 5) is 6.54. The summed E-state index contributed by atoms with van der Waals surface area (Å²) in [5.41, 5.74) is 9.76. The number of para-hydroxylation sites is 1. The van der Waals surface area contributed by atoms with Crippen LogP contribution in [0.25, 0.3) is 0 Å². The molecule has 4 heteroatoms. The third kappa shape index (κ3) is 2.68. The highest BCUT2D eigenvalue weighted by molar-refractivity contribution is 9.10. The summed E-state index contributed by atoms with van der Waals surface area (Å²) in [5.74, 6) is 0.575. The summed E-state index contributed by atoms with van der Waals surface area (Å²) in [6.07, 6.45) is 1.05. The van der Waals surface area contributed by atoms with Crippen LogP contribution in [-0.2, 0) is 6.42 Å². The van der Waals surface area contributed by atoms with E-state index >= 15 is 0 Å². The summed E-state index contributed by atoms with van der Waals surface area (Å²) in [6.45, 7) is 2.86. The molecule has 0 saturated heterocycles. The van der Waals surface area contributed by atoms with Gasteiger partial charge >= 0.3 is 0 Å². The zero-order valence-electron chi connectivity index (χ0n) is 12.0. The van der Waals surface area contributed by atoms with Crippen LogP contribution in [0.2, 0.25) is 0 Å². The number of aryl methyl sites for hydroxylation is 1. The van der Waals surface area contributed by atoms with Crippen molar-refractivity contribution in [3.63, 3.8) is 0 Å². The van der Waals surface area contributed by atoms with E-state index in [-0.39, 0.29) is 6.04 Å². The molecular weight excluding hydrogens is 326 g/mol. The number of hydrogen-bond donors (Lipinski definition) is 1. The van der Waals surface area contributed by atoms with Crippen LogP contribution in [0.1, 0.15) is 24.1 Å². The van der Waals surface area contributed by atoms with Crippen molar-refractivity contribution in [2.45, 2.75) is 19.4 Å². The molecule has 3 rings (SSSR count). The number of nitrogens with zero attached hydrogens (tertiary/aromatic N) is 2. The van der Waals surface area contributed by atoms with E-state index in [4.69, 9.17) is 5.73 Å². The minimum Gasteiger partial charge on any atom is -0.369 e. The SMILES string of the molecule is CCc1ccc(C2CN=C(N)N2c2ccccc2Br)cc1. The number of benzene rings is 2. The van der Waals surface area contributed by atoms with E-state index in [1.165, 1.54) is 11.1 Å². The summed E-state index contributed by atoms with van der Waals surface area (Å²) in [5, 5.41) is 0. The summed E-state index contributed by atoms with van der Waals surface area (Å²) in [6, 6.07) is 17.0. The molecule has 1 aliphatic heterocycles. The maximum atomic E-state index is 6.12. The lowest BCUT2D eigenvalue weighted by molar-refractivity contribution is 0.767. The van der Waals surface area contributed by atoms with E-state index in [1.807, 2.05) is 18.2 Å². The maximum absolute atomic E-state index is 6.12. The van der Waals surface area contributed by atoms with Crippen LogP contribution in [0.4, 0.5) is 5.69 Å². The van der Waals surface area contributed by atoms with Crippen molar-refractivity contribution in [2.24, 2.45) is 10.7 Å². The number of halogens is 1. The largest absolute Gasteiger partial charge is 0.369 e. The van der Waals surface area contributed by atoms with Gasteiger partial charge in [-0.1, -0.05) is 43.3 Å². The van der Waals surface area contributed by atoms with Gasteiger partial charge in [0.25, 0.3) is 0 Å². The van der Waals surface area contributed by atoms with Crippen LogP contribution >= 0.6 is 15.9 Å². The van der Waals surface area contributed by atoms with E-state index in [1.54, 1.807) is 0 Å². The normalized spacial score (nSPS) is 17.9. The molecule has 108 valence electrons. The Morgan fingerprint density at radius 3 is 2.57 bits per heavy atom. The van der Waals surface area contributed by atoms with Crippen LogP contribution in [0, 0.1) is 0 Å². The van der Waals surface area contributed by atoms with Crippen molar-refractivity contribution in [3.05, 3.63) is 64.1 Å². The molecule has 0 aliphatic carbocycles. The first-order chi connectivity index (χ1) is 10.2. The molecule has 1 atom stereocenters. The first-order valence-corrected chi connectivity index (χ1v) is 7.92. The van der Waals surface area contributed by atoms with Crippen molar-refractivity contribution in [1.29, 1.82) is 0 Å². The molecule has 2 aromatic rings. The zero-order chi connectivity index (χ0) is 14.8. The van der Waals surface area contributed by atoms with Crippen LogP contribution in [0.5, 0.6) is 0 Å². The first-order valence-electron chi connectivity index (χ1n) is 7.13. The first kappa shape index (κ1) is 14.1. The third-order valence-electron chi connectivity index (χ3n) is 3.87. The molecule has 1 heterocycles. The molecule has 2 aromatic carbocycles. The number of anilines is 1. The molecular formula is C17H18BrN3. The predicted molar refractivity (Wildman–Crippen MR) is 91.7 cm³/mol. The van der Waals surface area contributed by atoms with Crippen molar-refractivity contribution in [3.8, 4) is 0 Å². The van der Waals surface area contributed by atoms with Crippen molar-refractivity contribution < 1.29 is 0 Å². The Morgan fingerprint density at radius 1 is 1.19 bits per heavy atom. The molecule has 2 N–H and O–H groups in total. The van der Waals surface area contributed by atoms with Gasteiger partial charge in [0, 0.05) is 4.47 Å². The van der Waals surface area contributed by atoms with Crippen LogP contribution < -0.4 is 10.6 Å². The average molecular weight is 344 g/mol. The van der Waals surface area contributed by atoms with Crippen molar-refractivity contribution >= 4 is 27.6 Å². The Morgan fingerprint density at radius 2 is 1.90 bits per heavy atom. The standard InChI is InChI=1S/C17H18BrN3/c1-2-12-7-9-13(10-8-12)16-11-20-17(19)21(16)15-6-4-3-5-14(15)18/h3-10,16H,2,11H2,1H3,(H2,19,20). The molecule has 0 saturated carbocycles. The topological polar surface area (TPSA) is 41.6 Å².